The van der Waals surface area contributed by atoms with Crippen LogP contribution < -0.4 is 10.2 Å². The van der Waals surface area contributed by atoms with Gasteiger partial charge in [0.1, 0.15) is 0 Å². The van der Waals surface area contributed by atoms with Crippen LogP contribution in [0.25, 0.3) is 0 Å². The summed E-state index contributed by atoms with van der Waals surface area (Å²) in [5.74, 6) is -3.21. The quantitative estimate of drug-likeness (QED) is 0.385. The molecule has 0 saturated carbocycles. The molecule has 0 fully saturated rings. The number of hydrogen-bond donors (Lipinski definition) is 0. The van der Waals surface area contributed by atoms with E-state index in [2.05, 4.69) is 0 Å². The third kappa shape index (κ3) is 3.94. The van der Waals surface area contributed by atoms with Crippen molar-refractivity contribution < 1.29 is 19.8 Å². The Labute approximate surface area is 129 Å². The number of unbranched alkanes of at least 4 members (excludes halogenated alkanes) is 2. The van der Waals surface area contributed by atoms with Crippen LogP contribution in [0.3, 0.4) is 0 Å². The van der Waals surface area contributed by atoms with E-state index in [1.54, 1.807) is 18.2 Å². The standard InChI is InChI=1S/C14H18O4.Mg/c1-2-3-7-10-14(12(15)16,13(17)18)11-8-5-4-6-9-11;/h4-6,8-9H,2-3,7,10H2,1H3,(H,15,16)(H,17,18);/q;+2/p-2. The number of rotatable bonds is 7. The van der Waals surface area contributed by atoms with E-state index in [0.29, 0.717) is 6.42 Å². The summed E-state index contributed by atoms with van der Waals surface area (Å²) in [6.07, 6.45) is 2.16. The van der Waals surface area contributed by atoms with Gasteiger partial charge in [-0.25, -0.2) is 0 Å². The van der Waals surface area contributed by atoms with E-state index in [1.807, 2.05) is 6.92 Å². The van der Waals surface area contributed by atoms with Gasteiger partial charge in [-0.15, -0.1) is 0 Å². The maximum absolute atomic E-state index is 11.3. The van der Waals surface area contributed by atoms with Gasteiger partial charge in [-0.05, 0) is 12.0 Å². The molecule has 0 aromatic heterocycles. The Morgan fingerprint density at radius 2 is 1.58 bits per heavy atom. The van der Waals surface area contributed by atoms with Crippen LogP contribution in [-0.4, -0.2) is 35.0 Å². The third-order valence-electron chi connectivity index (χ3n) is 3.12. The number of carboxylic acid groups (broad SMARTS) is 2. The first-order valence-corrected chi connectivity index (χ1v) is 6.04. The maximum Gasteiger partial charge on any atom is 2.00 e. The summed E-state index contributed by atoms with van der Waals surface area (Å²) in [6, 6.07) is 7.88. The second kappa shape index (κ2) is 8.17. The zero-order valence-electron chi connectivity index (χ0n) is 11.1. The van der Waals surface area contributed by atoms with E-state index in [9.17, 15) is 19.8 Å². The largest absolute Gasteiger partial charge is 2.00 e. The Morgan fingerprint density at radius 3 is 2.00 bits per heavy atom. The molecule has 0 bridgehead atoms. The molecule has 0 heterocycles. The van der Waals surface area contributed by atoms with E-state index in [1.165, 1.54) is 12.1 Å². The molecule has 0 spiro atoms. The monoisotopic (exact) mass is 272 g/mol. The van der Waals surface area contributed by atoms with Crippen molar-refractivity contribution in [2.45, 2.75) is 38.0 Å². The first-order valence-electron chi connectivity index (χ1n) is 6.04. The van der Waals surface area contributed by atoms with Gasteiger partial charge in [0.05, 0.1) is 17.4 Å². The molecule has 4 nitrogen and oxygen atoms in total. The second-order valence-electron chi connectivity index (χ2n) is 4.30. The van der Waals surface area contributed by atoms with Crippen molar-refractivity contribution in [3.8, 4) is 0 Å². The van der Waals surface area contributed by atoms with Crippen LogP contribution in [0.4, 0.5) is 0 Å². The fourth-order valence-corrected chi connectivity index (χ4v) is 2.03. The summed E-state index contributed by atoms with van der Waals surface area (Å²) in [5, 5.41) is 22.7. The zero-order valence-corrected chi connectivity index (χ0v) is 12.5. The molecule has 0 unspecified atom stereocenters. The molecule has 0 saturated heterocycles. The van der Waals surface area contributed by atoms with Crippen LogP contribution in [0.5, 0.6) is 0 Å². The molecular formula is C14H16MgO4. The Bertz CT molecular complexity index is 403. The fourth-order valence-electron chi connectivity index (χ4n) is 2.03. The van der Waals surface area contributed by atoms with Gasteiger partial charge in [0.15, 0.2) is 0 Å². The average molecular weight is 273 g/mol. The minimum Gasteiger partial charge on any atom is -0.549 e. The summed E-state index contributed by atoms with van der Waals surface area (Å²) in [7, 11) is 0. The molecule has 5 heteroatoms. The van der Waals surface area contributed by atoms with Gasteiger partial charge >= 0.3 is 23.1 Å². The van der Waals surface area contributed by atoms with Gasteiger partial charge in [-0.3, -0.25) is 0 Å². The fraction of sp³-hybridized carbons (Fsp3) is 0.429. The minimum atomic E-state index is -2.05. The molecule has 0 N–H and O–H groups in total. The van der Waals surface area contributed by atoms with E-state index < -0.39 is 17.4 Å². The predicted octanol–water partition coefficient (Wildman–Crippen LogP) is -0.376. The van der Waals surface area contributed by atoms with Crippen molar-refractivity contribution in [2.75, 3.05) is 0 Å². The summed E-state index contributed by atoms with van der Waals surface area (Å²) in [5.41, 5.74) is -1.84. The molecule has 0 amide bonds. The Morgan fingerprint density at radius 1 is 1.05 bits per heavy atom. The molecule has 0 aliphatic heterocycles. The van der Waals surface area contributed by atoms with Crippen LogP contribution in [-0.2, 0) is 15.0 Å². The molecule has 0 atom stereocenters. The van der Waals surface area contributed by atoms with Gasteiger partial charge in [0.2, 0.25) is 0 Å². The average Bonchev–Trinajstić information content (AvgIpc) is 2.35. The van der Waals surface area contributed by atoms with Crippen LogP contribution in [0, 0.1) is 0 Å². The first-order chi connectivity index (χ1) is 8.55. The third-order valence-corrected chi connectivity index (χ3v) is 3.12. The number of hydrogen-bond acceptors (Lipinski definition) is 4. The molecule has 98 valence electrons. The Balaban J connectivity index is 0.00000324. The topological polar surface area (TPSA) is 80.3 Å². The maximum atomic E-state index is 11.3. The van der Waals surface area contributed by atoms with Crippen molar-refractivity contribution in [3.63, 3.8) is 0 Å². The van der Waals surface area contributed by atoms with Crippen molar-refractivity contribution in [1.29, 1.82) is 0 Å². The number of carbonyl (C=O) groups excluding carboxylic acids is 2. The number of aliphatic carboxylic acids is 2. The molecular weight excluding hydrogens is 256 g/mol. The summed E-state index contributed by atoms with van der Waals surface area (Å²) < 4.78 is 0. The number of benzene rings is 1. The van der Waals surface area contributed by atoms with Gasteiger partial charge < -0.3 is 19.8 Å². The second-order valence-corrected chi connectivity index (χ2v) is 4.30. The van der Waals surface area contributed by atoms with Gasteiger partial charge in [0, 0.05) is 0 Å². The molecule has 0 radical (unpaired) electrons. The molecule has 0 aliphatic rings. The SMILES string of the molecule is CCCCCC(C(=O)[O-])(C(=O)[O-])c1ccccc1.[Mg+2]. The van der Waals surface area contributed by atoms with Crippen molar-refractivity contribution in [1.82, 2.24) is 0 Å². The Hall–Kier alpha value is -1.07. The van der Waals surface area contributed by atoms with E-state index >= 15 is 0 Å². The van der Waals surface area contributed by atoms with E-state index in [-0.39, 0.29) is 35.0 Å². The van der Waals surface area contributed by atoms with Crippen molar-refractivity contribution >= 4 is 35.0 Å². The molecule has 0 aliphatic carbocycles. The van der Waals surface area contributed by atoms with Crippen molar-refractivity contribution in [2.24, 2.45) is 0 Å². The van der Waals surface area contributed by atoms with E-state index in [4.69, 9.17) is 0 Å². The molecule has 19 heavy (non-hydrogen) atoms. The molecule has 1 rings (SSSR count). The van der Waals surface area contributed by atoms with Gasteiger partial charge in [0.25, 0.3) is 0 Å². The van der Waals surface area contributed by atoms with Gasteiger partial charge in [-0.2, -0.15) is 0 Å². The first kappa shape index (κ1) is 17.9. The Kier molecular flexibility index (Phi) is 7.71. The smallest absolute Gasteiger partial charge is 0.549 e. The number of carbonyl (C=O) groups is 2. The van der Waals surface area contributed by atoms with E-state index in [0.717, 1.165) is 12.8 Å². The summed E-state index contributed by atoms with van der Waals surface area (Å²) in [6.45, 7) is 1.96. The summed E-state index contributed by atoms with van der Waals surface area (Å²) in [4.78, 5) is 22.7. The molecule has 1 aromatic rings. The van der Waals surface area contributed by atoms with Gasteiger partial charge in [-0.1, -0.05) is 56.5 Å². The zero-order chi connectivity index (χ0) is 13.6. The molecule has 1 aromatic carbocycles. The number of carboxylic acids is 2. The minimum absolute atomic E-state index is 0. The predicted molar refractivity (Wildman–Crippen MR) is 68.0 cm³/mol. The summed E-state index contributed by atoms with van der Waals surface area (Å²) >= 11 is 0. The van der Waals surface area contributed by atoms with Crippen LogP contribution in [0.1, 0.15) is 38.2 Å². The van der Waals surface area contributed by atoms with Crippen LogP contribution >= 0.6 is 0 Å². The van der Waals surface area contributed by atoms with Crippen molar-refractivity contribution in [3.05, 3.63) is 35.9 Å². The van der Waals surface area contributed by atoms with Crippen LogP contribution in [0.2, 0.25) is 0 Å². The van der Waals surface area contributed by atoms with Crippen LogP contribution in [0.15, 0.2) is 30.3 Å². The normalized spacial score (nSPS) is 10.6.